The molecule has 0 bridgehead atoms. The fraction of sp³-hybridized carbons (Fsp3) is 0.500. The summed E-state index contributed by atoms with van der Waals surface area (Å²) in [6.07, 6.45) is 1.16. The Bertz CT molecular complexity index is 385. The van der Waals surface area contributed by atoms with Crippen LogP contribution in [-0.2, 0) is 11.2 Å². The van der Waals surface area contributed by atoms with E-state index in [4.69, 9.17) is 9.84 Å². The first-order valence-corrected chi connectivity index (χ1v) is 5.97. The summed E-state index contributed by atoms with van der Waals surface area (Å²) >= 11 is 0. The van der Waals surface area contributed by atoms with Crippen LogP contribution in [0.5, 0.6) is 5.75 Å². The highest BCUT2D eigenvalue weighted by molar-refractivity contribution is 5.70. The maximum Gasteiger partial charge on any atom is 0.307 e. The zero-order valence-corrected chi connectivity index (χ0v) is 10.7. The number of carboxylic acid groups (broad SMARTS) is 1. The number of hydrogen-bond donors (Lipinski definition) is 1. The molecule has 17 heavy (non-hydrogen) atoms. The predicted octanol–water partition coefficient (Wildman–Crippen LogP) is 3.05. The van der Waals surface area contributed by atoms with Gasteiger partial charge in [-0.15, -0.1) is 0 Å². The van der Waals surface area contributed by atoms with E-state index in [1.54, 1.807) is 0 Å². The molecule has 1 unspecified atom stereocenters. The lowest BCUT2D eigenvalue weighted by atomic mass is 10.1. The van der Waals surface area contributed by atoms with Crippen molar-refractivity contribution < 1.29 is 14.6 Å². The van der Waals surface area contributed by atoms with Crippen molar-refractivity contribution in [3.63, 3.8) is 0 Å². The first-order chi connectivity index (χ1) is 8.02. The molecule has 3 heteroatoms. The van der Waals surface area contributed by atoms with E-state index in [1.807, 2.05) is 25.1 Å². The summed E-state index contributed by atoms with van der Waals surface area (Å²) in [4.78, 5) is 10.6. The minimum Gasteiger partial charge on any atom is -0.493 e. The van der Waals surface area contributed by atoms with Crippen molar-refractivity contribution in [3.8, 4) is 5.75 Å². The van der Waals surface area contributed by atoms with Crippen molar-refractivity contribution in [1.29, 1.82) is 0 Å². The van der Waals surface area contributed by atoms with Gasteiger partial charge in [-0.1, -0.05) is 32.4 Å². The fourth-order valence-corrected chi connectivity index (χ4v) is 1.51. The molecule has 94 valence electrons. The Morgan fingerprint density at radius 2 is 2.18 bits per heavy atom. The molecule has 0 saturated carbocycles. The van der Waals surface area contributed by atoms with E-state index < -0.39 is 5.97 Å². The lowest BCUT2D eigenvalue weighted by molar-refractivity contribution is -0.136. The van der Waals surface area contributed by atoms with Crippen LogP contribution >= 0.6 is 0 Å². The Morgan fingerprint density at radius 3 is 2.71 bits per heavy atom. The molecule has 0 radical (unpaired) electrons. The van der Waals surface area contributed by atoms with Crippen molar-refractivity contribution in [2.75, 3.05) is 6.61 Å². The standard InChI is InChI=1S/C14H20O3/c1-4-10(2)9-17-13-6-5-12(7-11(13)3)8-14(15)16/h5-7,10H,4,8-9H2,1-3H3,(H,15,16). The van der Waals surface area contributed by atoms with Gasteiger partial charge in [0.15, 0.2) is 0 Å². The first-order valence-electron chi connectivity index (χ1n) is 5.97. The van der Waals surface area contributed by atoms with E-state index in [2.05, 4.69) is 13.8 Å². The largest absolute Gasteiger partial charge is 0.493 e. The fourth-order valence-electron chi connectivity index (χ4n) is 1.51. The molecule has 1 aromatic carbocycles. The van der Waals surface area contributed by atoms with Crippen LogP contribution in [0.3, 0.4) is 0 Å². The number of hydrogen-bond acceptors (Lipinski definition) is 2. The molecule has 0 saturated heterocycles. The minimum absolute atomic E-state index is 0.0620. The maximum atomic E-state index is 10.6. The zero-order valence-electron chi connectivity index (χ0n) is 10.7. The van der Waals surface area contributed by atoms with Gasteiger partial charge in [-0.3, -0.25) is 4.79 Å². The quantitative estimate of drug-likeness (QED) is 0.825. The van der Waals surface area contributed by atoms with E-state index in [0.717, 1.165) is 23.3 Å². The van der Waals surface area contributed by atoms with Crippen LogP contribution in [-0.4, -0.2) is 17.7 Å². The molecular weight excluding hydrogens is 216 g/mol. The van der Waals surface area contributed by atoms with E-state index >= 15 is 0 Å². The van der Waals surface area contributed by atoms with Gasteiger partial charge in [0.05, 0.1) is 13.0 Å². The van der Waals surface area contributed by atoms with E-state index in [1.165, 1.54) is 0 Å². The van der Waals surface area contributed by atoms with E-state index in [0.29, 0.717) is 12.5 Å². The summed E-state index contributed by atoms with van der Waals surface area (Å²) in [5.74, 6) is 0.574. The third-order valence-corrected chi connectivity index (χ3v) is 2.81. The van der Waals surface area contributed by atoms with Gasteiger partial charge in [-0.2, -0.15) is 0 Å². The highest BCUT2D eigenvalue weighted by atomic mass is 16.5. The van der Waals surface area contributed by atoms with Gasteiger partial charge >= 0.3 is 5.97 Å². The number of ether oxygens (including phenoxy) is 1. The van der Waals surface area contributed by atoms with Gasteiger partial charge in [-0.05, 0) is 30.0 Å². The van der Waals surface area contributed by atoms with Crippen LogP contribution in [0.25, 0.3) is 0 Å². The molecule has 1 aromatic rings. The summed E-state index contributed by atoms with van der Waals surface area (Å²) in [7, 11) is 0. The number of carbonyl (C=O) groups is 1. The summed E-state index contributed by atoms with van der Waals surface area (Å²) in [6, 6.07) is 5.54. The number of aryl methyl sites for hydroxylation is 1. The molecule has 3 nitrogen and oxygen atoms in total. The molecule has 0 aliphatic heterocycles. The molecule has 1 atom stereocenters. The summed E-state index contributed by atoms with van der Waals surface area (Å²) in [5, 5.41) is 8.70. The Labute approximate surface area is 102 Å². The van der Waals surface area contributed by atoms with Gasteiger partial charge in [0.25, 0.3) is 0 Å². The normalized spacial score (nSPS) is 12.2. The Balaban J connectivity index is 2.66. The molecule has 0 aliphatic carbocycles. The van der Waals surface area contributed by atoms with Crippen molar-refractivity contribution in [2.24, 2.45) is 5.92 Å². The highest BCUT2D eigenvalue weighted by Crippen LogP contribution is 2.20. The topological polar surface area (TPSA) is 46.5 Å². The third kappa shape index (κ3) is 4.47. The molecule has 0 spiro atoms. The number of aliphatic carboxylic acids is 1. The number of rotatable bonds is 6. The lowest BCUT2D eigenvalue weighted by Gasteiger charge is -2.13. The Kier molecular flexibility index (Phi) is 5.01. The maximum absolute atomic E-state index is 10.6. The second kappa shape index (κ2) is 6.28. The summed E-state index contributed by atoms with van der Waals surface area (Å²) < 4.78 is 5.70. The van der Waals surface area contributed by atoms with Crippen LogP contribution in [0.2, 0.25) is 0 Å². The third-order valence-electron chi connectivity index (χ3n) is 2.81. The molecule has 0 fully saturated rings. The van der Waals surface area contributed by atoms with Crippen LogP contribution in [0, 0.1) is 12.8 Å². The average Bonchev–Trinajstić information content (AvgIpc) is 2.26. The molecule has 1 rings (SSSR count). The van der Waals surface area contributed by atoms with Crippen LogP contribution < -0.4 is 4.74 Å². The van der Waals surface area contributed by atoms with E-state index in [-0.39, 0.29) is 6.42 Å². The van der Waals surface area contributed by atoms with Crippen molar-refractivity contribution in [2.45, 2.75) is 33.6 Å². The molecule has 0 heterocycles. The molecule has 1 N–H and O–H groups in total. The zero-order chi connectivity index (χ0) is 12.8. The summed E-state index contributed by atoms with van der Waals surface area (Å²) in [6.45, 7) is 6.93. The van der Waals surface area contributed by atoms with Crippen LogP contribution in [0.15, 0.2) is 18.2 Å². The van der Waals surface area contributed by atoms with Gasteiger partial charge < -0.3 is 9.84 Å². The molecule has 0 amide bonds. The van der Waals surface area contributed by atoms with Gasteiger partial charge in [0.1, 0.15) is 5.75 Å². The SMILES string of the molecule is CCC(C)COc1ccc(CC(=O)O)cc1C. The molecule has 0 aliphatic rings. The average molecular weight is 236 g/mol. The number of benzene rings is 1. The molecule has 0 aromatic heterocycles. The first kappa shape index (κ1) is 13.6. The van der Waals surface area contributed by atoms with Gasteiger partial charge in [0.2, 0.25) is 0 Å². The van der Waals surface area contributed by atoms with Gasteiger partial charge in [-0.25, -0.2) is 0 Å². The van der Waals surface area contributed by atoms with Crippen LogP contribution in [0.4, 0.5) is 0 Å². The number of carboxylic acids is 1. The van der Waals surface area contributed by atoms with Crippen molar-refractivity contribution >= 4 is 5.97 Å². The highest BCUT2D eigenvalue weighted by Gasteiger charge is 2.06. The van der Waals surface area contributed by atoms with Crippen molar-refractivity contribution in [3.05, 3.63) is 29.3 Å². The van der Waals surface area contributed by atoms with Crippen LogP contribution in [0.1, 0.15) is 31.4 Å². The Morgan fingerprint density at radius 1 is 1.47 bits per heavy atom. The van der Waals surface area contributed by atoms with E-state index in [9.17, 15) is 4.79 Å². The second-order valence-corrected chi connectivity index (χ2v) is 4.49. The smallest absolute Gasteiger partial charge is 0.307 e. The monoisotopic (exact) mass is 236 g/mol. The second-order valence-electron chi connectivity index (χ2n) is 4.49. The predicted molar refractivity (Wildman–Crippen MR) is 67.5 cm³/mol. The lowest BCUT2D eigenvalue weighted by Crippen LogP contribution is -2.08. The Hall–Kier alpha value is -1.51. The van der Waals surface area contributed by atoms with Gasteiger partial charge in [0, 0.05) is 0 Å². The summed E-state index contributed by atoms with van der Waals surface area (Å²) in [5.41, 5.74) is 1.80. The van der Waals surface area contributed by atoms with Crippen molar-refractivity contribution in [1.82, 2.24) is 0 Å². The molecular formula is C14H20O3. The minimum atomic E-state index is -0.808.